The molecule has 3 aromatic rings. The molecular weight excluding hydrogens is 336 g/mol. The minimum atomic E-state index is -0.999. The Hall–Kier alpha value is -3.05. The molecule has 0 aliphatic carbocycles. The third-order valence-electron chi connectivity index (χ3n) is 3.67. The third-order valence-corrected chi connectivity index (χ3v) is 4.82. The lowest BCUT2D eigenvalue weighted by Crippen LogP contribution is -2.00. The van der Waals surface area contributed by atoms with Crippen LogP contribution in [0.5, 0.6) is 0 Å². The SMILES string of the molecule is O=C(O)c1ccccc1Sc1ccccc1-c1ccccc1C(=O)O. The zero-order chi connectivity index (χ0) is 17.8. The van der Waals surface area contributed by atoms with Crippen LogP contribution in [0, 0.1) is 0 Å². The molecule has 2 N–H and O–H groups in total. The van der Waals surface area contributed by atoms with E-state index in [-0.39, 0.29) is 11.1 Å². The predicted octanol–water partition coefficient (Wildman–Crippen LogP) is 4.90. The highest BCUT2D eigenvalue weighted by molar-refractivity contribution is 7.99. The third kappa shape index (κ3) is 3.56. The second-order valence-electron chi connectivity index (χ2n) is 5.25. The van der Waals surface area contributed by atoms with Crippen molar-refractivity contribution in [2.45, 2.75) is 9.79 Å². The van der Waals surface area contributed by atoms with Crippen LogP contribution in [0.4, 0.5) is 0 Å². The summed E-state index contributed by atoms with van der Waals surface area (Å²) in [5, 5.41) is 18.8. The molecule has 4 nitrogen and oxygen atoms in total. The standard InChI is InChI=1S/C20H14O4S/c21-19(22)15-9-2-1-7-13(15)14-8-3-5-11-17(14)25-18-12-6-4-10-16(18)20(23)24/h1-12H,(H,21,22)(H,23,24). The summed E-state index contributed by atoms with van der Waals surface area (Å²) >= 11 is 1.31. The quantitative estimate of drug-likeness (QED) is 0.684. The van der Waals surface area contributed by atoms with Gasteiger partial charge in [-0.2, -0.15) is 0 Å². The first kappa shape index (κ1) is 16.8. The number of hydrogen-bond donors (Lipinski definition) is 2. The van der Waals surface area contributed by atoms with Crippen molar-refractivity contribution >= 4 is 23.7 Å². The van der Waals surface area contributed by atoms with Gasteiger partial charge in [0, 0.05) is 9.79 Å². The van der Waals surface area contributed by atoms with Gasteiger partial charge in [0.25, 0.3) is 0 Å². The molecule has 0 heterocycles. The van der Waals surface area contributed by atoms with E-state index in [1.165, 1.54) is 11.8 Å². The summed E-state index contributed by atoms with van der Waals surface area (Å²) < 4.78 is 0. The lowest BCUT2D eigenvalue weighted by atomic mass is 10.00. The van der Waals surface area contributed by atoms with Gasteiger partial charge in [-0.25, -0.2) is 9.59 Å². The van der Waals surface area contributed by atoms with Crippen LogP contribution < -0.4 is 0 Å². The van der Waals surface area contributed by atoms with Gasteiger partial charge in [0.1, 0.15) is 0 Å². The maximum Gasteiger partial charge on any atom is 0.336 e. The molecule has 0 spiro atoms. The van der Waals surface area contributed by atoms with Crippen molar-refractivity contribution in [3.05, 3.63) is 83.9 Å². The highest BCUT2D eigenvalue weighted by atomic mass is 32.2. The molecule has 0 saturated carbocycles. The summed E-state index contributed by atoms with van der Waals surface area (Å²) in [4.78, 5) is 24.3. The minimum absolute atomic E-state index is 0.210. The molecule has 0 atom stereocenters. The highest BCUT2D eigenvalue weighted by Gasteiger charge is 2.16. The molecule has 0 radical (unpaired) electrons. The molecule has 0 unspecified atom stereocenters. The van der Waals surface area contributed by atoms with E-state index in [1.807, 2.05) is 24.3 Å². The molecule has 0 aromatic heterocycles. The summed E-state index contributed by atoms with van der Waals surface area (Å²) in [7, 11) is 0. The molecule has 5 heteroatoms. The molecule has 0 aliphatic heterocycles. The van der Waals surface area contributed by atoms with E-state index in [0.717, 1.165) is 10.5 Å². The summed E-state index contributed by atoms with van der Waals surface area (Å²) in [6, 6.07) is 20.9. The van der Waals surface area contributed by atoms with Crippen molar-refractivity contribution in [2.75, 3.05) is 0 Å². The van der Waals surface area contributed by atoms with Crippen molar-refractivity contribution in [3.63, 3.8) is 0 Å². The minimum Gasteiger partial charge on any atom is -0.478 e. The highest BCUT2D eigenvalue weighted by Crippen LogP contribution is 2.38. The Morgan fingerprint density at radius 3 is 1.72 bits per heavy atom. The van der Waals surface area contributed by atoms with Gasteiger partial charge in [-0.1, -0.05) is 60.3 Å². The zero-order valence-corrected chi connectivity index (χ0v) is 13.9. The Labute approximate surface area is 148 Å². The topological polar surface area (TPSA) is 74.6 Å². The van der Waals surface area contributed by atoms with Crippen LogP contribution in [-0.4, -0.2) is 22.2 Å². The van der Waals surface area contributed by atoms with Gasteiger partial charge in [-0.3, -0.25) is 0 Å². The molecule has 0 aliphatic rings. The zero-order valence-electron chi connectivity index (χ0n) is 13.0. The van der Waals surface area contributed by atoms with Crippen LogP contribution in [0.15, 0.2) is 82.6 Å². The molecule has 0 amide bonds. The summed E-state index contributed by atoms with van der Waals surface area (Å²) in [6.07, 6.45) is 0. The van der Waals surface area contributed by atoms with E-state index < -0.39 is 11.9 Å². The van der Waals surface area contributed by atoms with Gasteiger partial charge in [0.2, 0.25) is 0 Å². The normalized spacial score (nSPS) is 10.4. The summed E-state index contributed by atoms with van der Waals surface area (Å²) in [6.45, 7) is 0. The number of aromatic carboxylic acids is 2. The molecular formula is C20H14O4S. The first-order valence-corrected chi connectivity index (χ1v) is 8.31. The number of rotatable bonds is 5. The monoisotopic (exact) mass is 350 g/mol. The Balaban J connectivity index is 2.10. The van der Waals surface area contributed by atoms with E-state index in [4.69, 9.17) is 0 Å². The second-order valence-corrected chi connectivity index (χ2v) is 6.33. The van der Waals surface area contributed by atoms with Crippen molar-refractivity contribution < 1.29 is 19.8 Å². The number of benzene rings is 3. The van der Waals surface area contributed by atoms with E-state index in [1.54, 1.807) is 48.5 Å². The fraction of sp³-hybridized carbons (Fsp3) is 0. The molecule has 3 rings (SSSR count). The maximum absolute atomic E-state index is 11.5. The van der Waals surface area contributed by atoms with Crippen LogP contribution in [-0.2, 0) is 0 Å². The van der Waals surface area contributed by atoms with Crippen molar-refractivity contribution in [2.24, 2.45) is 0 Å². The smallest absolute Gasteiger partial charge is 0.336 e. The Morgan fingerprint density at radius 2 is 1.08 bits per heavy atom. The lowest BCUT2D eigenvalue weighted by molar-refractivity contribution is 0.0684. The van der Waals surface area contributed by atoms with Crippen LogP contribution in [0.25, 0.3) is 11.1 Å². The average Bonchev–Trinajstić information content (AvgIpc) is 2.62. The molecule has 25 heavy (non-hydrogen) atoms. The van der Waals surface area contributed by atoms with Gasteiger partial charge in [-0.05, 0) is 35.4 Å². The first-order valence-electron chi connectivity index (χ1n) is 7.50. The van der Waals surface area contributed by atoms with Crippen molar-refractivity contribution in [3.8, 4) is 11.1 Å². The largest absolute Gasteiger partial charge is 0.478 e. The van der Waals surface area contributed by atoms with Crippen LogP contribution in [0.3, 0.4) is 0 Å². The van der Waals surface area contributed by atoms with Crippen molar-refractivity contribution in [1.29, 1.82) is 0 Å². The van der Waals surface area contributed by atoms with Gasteiger partial charge < -0.3 is 10.2 Å². The van der Waals surface area contributed by atoms with Gasteiger partial charge in [0.15, 0.2) is 0 Å². The molecule has 0 saturated heterocycles. The molecule has 124 valence electrons. The predicted molar refractivity (Wildman–Crippen MR) is 96.4 cm³/mol. The van der Waals surface area contributed by atoms with Gasteiger partial charge >= 0.3 is 11.9 Å². The van der Waals surface area contributed by atoms with Gasteiger partial charge in [0.05, 0.1) is 11.1 Å². The Kier molecular flexibility index (Phi) is 4.86. The Bertz CT molecular complexity index is 950. The van der Waals surface area contributed by atoms with Crippen LogP contribution in [0.1, 0.15) is 20.7 Å². The summed E-state index contributed by atoms with van der Waals surface area (Å²) in [5.41, 5.74) is 1.78. The molecule has 0 fully saturated rings. The second kappa shape index (κ2) is 7.23. The Morgan fingerprint density at radius 1 is 0.600 bits per heavy atom. The molecule has 0 bridgehead atoms. The average molecular weight is 350 g/mol. The van der Waals surface area contributed by atoms with Crippen LogP contribution in [0.2, 0.25) is 0 Å². The van der Waals surface area contributed by atoms with E-state index in [2.05, 4.69) is 0 Å². The summed E-state index contributed by atoms with van der Waals surface area (Å²) in [5.74, 6) is -1.99. The molecule has 3 aromatic carbocycles. The number of carboxylic acid groups (broad SMARTS) is 2. The maximum atomic E-state index is 11.5. The van der Waals surface area contributed by atoms with E-state index in [0.29, 0.717) is 10.5 Å². The fourth-order valence-electron chi connectivity index (χ4n) is 2.53. The number of carbonyl (C=O) groups is 2. The fourth-order valence-corrected chi connectivity index (χ4v) is 3.62. The van der Waals surface area contributed by atoms with Crippen LogP contribution >= 0.6 is 11.8 Å². The number of hydrogen-bond acceptors (Lipinski definition) is 3. The first-order chi connectivity index (χ1) is 12.1. The van der Waals surface area contributed by atoms with E-state index in [9.17, 15) is 19.8 Å². The lowest BCUT2D eigenvalue weighted by Gasteiger charge is -2.12. The van der Waals surface area contributed by atoms with Crippen molar-refractivity contribution in [1.82, 2.24) is 0 Å². The van der Waals surface area contributed by atoms with E-state index >= 15 is 0 Å². The number of carboxylic acids is 2. The van der Waals surface area contributed by atoms with Gasteiger partial charge in [-0.15, -0.1) is 0 Å².